The lowest BCUT2D eigenvalue weighted by Crippen LogP contribution is -2.46. The molecule has 1 heterocycles. The van der Waals surface area contributed by atoms with Crippen molar-refractivity contribution in [2.75, 3.05) is 6.54 Å². The Balaban J connectivity index is 1.80. The number of nitrogens with zero attached hydrogens (tertiary/aromatic N) is 1. The van der Waals surface area contributed by atoms with Gasteiger partial charge in [-0.25, -0.2) is 8.42 Å². The van der Waals surface area contributed by atoms with Crippen LogP contribution in [0.5, 0.6) is 0 Å². The van der Waals surface area contributed by atoms with Crippen LogP contribution >= 0.6 is 11.6 Å². The Morgan fingerprint density at radius 1 is 1.08 bits per heavy atom. The lowest BCUT2D eigenvalue weighted by atomic mass is 9.97. The SMILES string of the molecule is Cc1ccc(S(=O)(=O)N2CC[C@H](Cl)C[C@H]2CCc2ccccc2)cc1. The Morgan fingerprint density at radius 3 is 2.44 bits per heavy atom. The fourth-order valence-electron chi connectivity index (χ4n) is 3.38. The Labute approximate surface area is 155 Å². The molecule has 3 rings (SSSR count). The van der Waals surface area contributed by atoms with Crippen LogP contribution in [0.3, 0.4) is 0 Å². The minimum atomic E-state index is -3.48. The summed E-state index contributed by atoms with van der Waals surface area (Å²) in [7, 11) is -3.48. The highest BCUT2D eigenvalue weighted by atomic mass is 35.5. The van der Waals surface area contributed by atoms with Crippen molar-refractivity contribution in [1.82, 2.24) is 4.31 Å². The molecule has 2 aromatic rings. The smallest absolute Gasteiger partial charge is 0.207 e. The minimum Gasteiger partial charge on any atom is -0.207 e. The van der Waals surface area contributed by atoms with E-state index in [0.717, 1.165) is 18.4 Å². The van der Waals surface area contributed by atoms with Gasteiger partial charge in [0, 0.05) is 18.0 Å². The summed E-state index contributed by atoms with van der Waals surface area (Å²) in [6.45, 7) is 2.45. The standard InChI is InChI=1S/C20H24ClNO2S/c1-16-7-11-20(12-8-16)25(23,24)22-14-13-18(21)15-19(22)10-9-17-5-3-2-4-6-17/h2-8,11-12,18-19H,9-10,13-15H2,1H3/t18-,19+/m0/s1. The number of alkyl halides is 1. The summed E-state index contributed by atoms with van der Waals surface area (Å²) in [4.78, 5) is 0.371. The normalized spacial score (nSPS) is 22.0. The van der Waals surface area contributed by atoms with Crippen molar-refractivity contribution >= 4 is 21.6 Å². The zero-order valence-electron chi connectivity index (χ0n) is 14.4. The van der Waals surface area contributed by atoms with Gasteiger partial charge in [0.15, 0.2) is 0 Å². The van der Waals surface area contributed by atoms with E-state index in [-0.39, 0.29) is 11.4 Å². The summed E-state index contributed by atoms with van der Waals surface area (Å²) in [5.41, 5.74) is 2.28. The second-order valence-corrected chi connectivity index (χ2v) is 9.24. The highest BCUT2D eigenvalue weighted by Crippen LogP contribution is 2.30. The van der Waals surface area contributed by atoms with Crippen molar-refractivity contribution in [3.8, 4) is 0 Å². The third-order valence-electron chi connectivity index (χ3n) is 4.83. The molecule has 0 amide bonds. The third-order valence-corrected chi connectivity index (χ3v) is 7.20. The number of hydrogen-bond acceptors (Lipinski definition) is 2. The van der Waals surface area contributed by atoms with Crippen LogP contribution in [0.15, 0.2) is 59.5 Å². The highest BCUT2D eigenvalue weighted by Gasteiger charge is 2.36. The molecule has 1 aliphatic heterocycles. The van der Waals surface area contributed by atoms with Crippen LogP contribution in [0.2, 0.25) is 0 Å². The molecule has 1 aliphatic rings. The molecule has 25 heavy (non-hydrogen) atoms. The maximum Gasteiger partial charge on any atom is 0.243 e. The van der Waals surface area contributed by atoms with Crippen molar-refractivity contribution in [3.63, 3.8) is 0 Å². The predicted octanol–water partition coefficient (Wildman–Crippen LogP) is 4.39. The van der Waals surface area contributed by atoms with Gasteiger partial charge in [-0.05, 0) is 50.3 Å². The number of piperidine rings is 1. The van der Waals surface area contributed by atoms with E-state index in [0.29, 0.717) is 24.3 Å². The van der Waals surface area contributed by atoms with E-state index in [1.165, 1.54) is 5.56 Å². The van der Waals surface area contributed by atoms with Crippen molar-refractivity contribution in [2.24, 2.45) is 0 Å². The van der Waals surface area contributed by atoms with E-state index in [2.05, 4.69) is 12.1 Å². The number of hydrogen-bond donors (Lipinski definition) is 0. The molecule has 0 aromatic heterocycles. The minimum absolute atomic E-state index is 0.0465. The van der Waals surface area contributed by atoms with Crippen LogP contribution in [0.25, 0.3) is 0 Å². The Morgan fingerprint density at radius 2 is 1.76 bits per heavy atom. The van der Waals surface area contributed by atoms with E-state index in [1.54, 1.807) is 16.4 Å². The monoisotopic (exact) mass is 377 g/mol. The van der Waals surface area contributed by atoms with Crippen molar-refractivity contribution in [2.45, 2.75) is 48.9 Å². The maximum absolute atomic E-state index is 13.1. The molecule has 0 bridgehead atoms. The molecule has 0 radical (unpaired) electrons. The quantitative estimate of drug-likeness (QED) is 0.725. The molecular weight excluding hydrogens is 354 g/mol. The van der Waals surface area contributed by atoms with Gasteiger partial charge in [0.2, 0.25) is 10.0 Å². The van der Waals surface area contributed by atoms with E-state index < -0.39 is 10.0 Å². The average Bonchev–Trinajstić information content (AvgIpc) is 2.61. The van der Waals surface area contributed by atoms with Gasteiger partial charge >= 0.3 is 0 Å². The summed E-state index contributed by atoms with van der Waals surface area (Å²) in [6, 6.07) is 17.2. The lowest BCUT2D eigenvalue weighted by Gasteiger charge is -2.37. The van der Waals surface area contributed by atoms with Gasteiger partial charge in [-0.15, -0.1) is 11.6 Å². The highest BCUT2D eigenvalue weighted by molar-refractivity contribution is 7.89. The van der Waals surface area contributed by atoms with Gasteiger partial charge in [0.1, 0.15) is 0 Å². The molecule has 2 atom stereocenters. The van der Waals surface area contributed by atoms with E-state index >= 15 is 0 Å². The summed E-state index contributed by atoms with van der Waals surface area (Å²) < 4.78 is 27.9. The molecule has 0 unspecified atom stereocenters. The Hall–Kier alpha value is -1.36. The fourth-order valence-corrected chi connectivity index (χ4v) is 5.37. The zero-order valence-corrected chi connectivity index (χ0v) is 16.0. The van der Waals surface area contributed by atoms with Gasteiger partial charge in [-0.2, -0.15) is 4.31 Å². The molecule has 0 saturated carbocycles. The maximum atomic E-state index is 13.1. The third kappa shape index (κ3) is 4.43. The number of aryl methyl sites for hydroxylation is 2. The second-order valence-electron chi connectivity index (χ2n) is 6.73. The number of sulfonamides is 1. The van der Waals surface area contributed by atoms with Crippen LogP contribution in [-0.4, -0.2) is 30.7 Å². The number of halogens is 1. The van der Waals surface area contributed by atoms with Crippen LogP contribution in [0.4, 0.5) is 0 Å². The fraction of sp³-hybridized carbons (Fsp3) is 0.400. The van der Waals surface area contributed by atoms with Gasteiger partial charge in [0.25, 0.3) is 0 Å². The Kier molecular flexibility index (Phi) is 5.82. The van der Waals surface area contributed by atoms with Crippen LogP contribution < -0.4 is 0 Å². The summed E-state index contributed by atoms with van der Waals surface area (Å²) in [5, 5.41) is 0.0465. The van der Waals surface area contributed by atoms with Crippen LogP contribution in [0.1, 0.15) is 30.4 Å². The molecule has 1 saturated heterocycles. The molecule has 0 N–H and O–H groups in total. The lowest BCUT2D eigenvalue weighted by molar-refractivity contribution is 0.244. The van der Waals surface area contributed by atoms with Gasteiger partial charge in [-0.3, -0.25) is 0 Å². The van der Waals surface area contributed by atoms with Crippen LogP contribution in [-0.2, 0) is 16.4 Å². The Bertz CT molecular complexity index is 790. The first-order valence-corrected chi connectivity index (χ1v) is 10.6. The number of rotatable bonds is 5. The first-order valence-electron chi connectivity index (χ1n) is 8.73. The molecule has 5 heteroatoms. The second kappa shape index (κ2) is 7.90. The first-order chi connectivity index (χ1) is 12.0. The summed E-state index contributed by atoms with van der Waals surface area (Å²) in [6.07, 6.45) is 3.06. The molecule has 1 fully saturated rings. The van der Waals surface area contributed by atoms with Gasteiger partial charge in [-0.1, -0.05) is 48.0 Å². The van der Waals surface area contributed by atoms with Crippen LogP contribution in [0, 0.1) is 6.92 Å². The summed E-state index contributed by atoms with van der Waals surface area (Å²) >= 11 is 6.35. The van der Waals surface area contributed by atoms with Gasteiger partial charge < -0.3 is 0 Å². The largest absolute Gasteiger partial charge is 0.243 e. The number of benzene rings is 2. The summed E-state index contributed by atoms with van der Waals surface area (Å²) in [5.74, 6) is 0. The topological polar surface area (TPSA) is 37.4 Å². The van der Waals surface area contributed by atoms with Crippen molar-refractivity contribution in [1.29, 1.82) is 0 Å². The molecule has 0 aliphatic carbocycles. The molecular formula is C20H24ClNO2S. The molecule has 3 nitrogen and oxygen atoms in total. The zero-order chi connectivity index (χ0) is 17.9. The predicted molar refractivity (Wildman–Crippen MR) is 102 cm³/mol. The molecule has 2 aromatic carbocycles. The average molecular weight is 378 g/mol. The van der Waals surface area contributed by atoms with E-state index in [1.807, 2.05) is 37.3 Å². The van der Waals surface area contributed by atoms with E-state index in [4.69, 9.17) is 11.6 Å². The van der Waals surface area contributed by atoms with Crippen molar-refractivity contribution < 1.29 is 8.42 Å². The van der Waals surface area contributed by atoms with E-state index in [9.17, 15) is 8.42 Å². The molecule has 134 valence electrons. The van der Waals surface area contributed by atoms with Crippen molar-refractivity contribution in [3.05, 3.63) is 65.7 Å². The molecule has 0 spiro atoms. The first kappa shape index (κ1) is 18.4. The van der Waals surface area contributed by atoms with Gasteiger partial charge in [0.05, 0.1) is 4.90 Å².